The number of aryl methyl sites for hydroxylation is 1. The smallest absolute Gasteiger partial charge is 0.224 e. The van der Waals surface area contributed by atoms with Gasteiger partial charge in [-0.1, -0.05) is 50.2 Å². The summed E-state index contributed by atoms with van der Waals surface area (Å²) in [5.74, 6) is 0.0490. The number of nitrogens with one attached hydrogen (secondary N) is 1. The lowest BCUT2D eigenvalue weighted by Crippen LogP contribution is -2.09. The van der Waals surface area contributed by atoms with Crippen LogP contribution in [0, 0.1) is 0 Å². The summed E-state index contributed by atoms with van der Waals surface area (Å²) < 4.78 is 0. The first kappa shape index (κ1) is 14.3. The van der Waals surface area contributed by atoms with E-state index >= 15 is 0 Å². The van der Waals surface area contributed by atoms with Gasteiger partial charge in [-0.3, -0.25) is 4.79 Å². The van der Waals surface area contributed by atoms with Crippen LogP contribution in [-0.2, 0) is 17.6 Å². The van der Waals surface area contributed by atoms with Crippen LogP contribution in [0.25, 0.3) is 0 Å². The van der Waals surface area contributed by atoms with Crippen LogP contribution in [0.1, 0.15) is 37.0 Å². The molecule has 0 unspecified atom stereocenters. The van der Waals surface area contributed by atoms with Crippen molar-refractivity contribution >= 4 is 11.6 Å². The predicted molar refractivity (Wildman–Crippen MR) is 84.0 cm³/mol. The van der Waals surface area contributed by atoms with Crippen LogP contribution in [-0.4, -0.2) is 5.91 Å². The Morgan fingerprint density at radius 2 is 1.35 bits per heavy atom. The van der Waals surface area contributed by atoms with Gasteiger partial charge in [-0.2, -0.15) is 0 Å². The topological polar surface area (TPSA) is 29.1 Å². The molecule has 0 saturated heterocycles. The van der Waals surface area contributed by atoms with Crippen molar-refractivity contribution in [2.45, 2.75) is 33.1 Å². The van der Waals surface area contributed by atoms with Crippen molar-refractivity contribution in [2.24, 2.45) is 0 Å². The molecule has 104 valence electrons. The van der Waals surface area contributed by atoms with Gasteiger partial charge in [0.15, 0.2) is 0 Å². The van der Waals surface area contributed by atoms with Gasteiger partial charge < -0.3 is 5.32 Å². The largest absolute Gasteiger partial charge is 0.326 e. The molecule has 0 aliphatic rings. The van der Waals surface area contributed by atoms with Gasteiger partial charge in [0, 0.05) is 12.1 Å². The Kier molecular flexibility index (Phi) is 4.94. The molecule has 1 N–H and O–H groups in total. The van der Waals surface area contributed by atoms with E-state index in [1.54, 1.807) is 0 Å². The summed E-state index contributed by atoms with van der Waals surface area (Å²) in [6, 6.07) is 16.8. The van der Waals surface area contributed by atoms with E-state index in [9.17, 15) is 4.79 Å². The Balaban J connectivity index is 2.00. The van der Waals surface area contributed by atoms with Gasteiger partial charge in [0.05, 0.1) is 0 Å². The molecule has 0 spiro atoms. The summed E-state index contributed by atoms with van der Waals surface area (Å²) >= 11 is 0. The van der Waals surface area contributed by atoms with E-state index in [1.807, 2.05) is 19.1 Å². The number of rotatable bonds is 5. The molecule has 0 aliphatic heterocycles. The van der Waals surface area contributed by atoms with E-state index in [-0.39, 0.29) is 5.91 Å². The molecule has 0 fully saturated rings. The Bertz CT molecular complexity index is 555. The molecule has 0 atom stereocenters. The fraction of sp³-hybridized carbons (Fsp3) is 0.278. The van der Waals surface area contributed by atoms with Crippen LogP contribution < -0.4 is 5.32 Å². The summed E-state index contributed by atoms with van der Waals surface area (Å²) in [6.45, 7) is 4.02. The van der Waals surface area contributed by atoms with Crippen molar-refractivity contribution in [3.8, 4) is 0 Å². The summed E-state index contributed by atoms with van der Waals surface area (Å²) in [7, 11) is 0. The van der Waals surface area contributed by atoms with Gasteiger partial charge in [-0.15, -0.1) is 0 Å². The SMILES string of the molecule is CCC(=O)Nc1ccc(Cc2ccc(CC)cc2)cc1. The maximum Gasteiger partial charge on any atom is 0.224 e. The number of anilines is 1. The highest BCUT2D eigenvalue weighted by Crippen LogP contribution is 2.14. The monoisotopic (exact) mass is 267 g/mol. The highest BCUT2D eigenvalue weighted by atomic mass is 16.1. The standard InChI is InChI=1S/C18H21NO/c1-3-14-5-7-15(8-6-14)13-16-9-11-17(12-10-16)19-18(20)4-2/h5-12H,3-4,13H2,1-2H3,(H,19,20). The zero-order valence-corrected chi connectivity index (χ0v) is 12.1. The molecule has 0 aromatic heterocycles. The minimum absolute atomic E-state index is 0.0490. The van der Waals surface area contributed by atoms with E-state index < -0.39 is 0 Å². The maximum absolute atomic E-state index is 11.3. The first-order valence-electron chi connectivity index (χ1n) is 7.18. The second kappa shape index (κ2) is 6.90. The third kappa shape index (κ3) is 3.95. The van der Waals surface area contributed by atoms with Crippen LogP contribution >= 0.6 is 0 Å². The van der Waals surface area contributed by atoms with E-state index in [4.69, 9.17) is 0 Å². The maximum atomic E-state index is 11.3. The lowest BCUT2D eigenvalue weighted by Gasteiger charge is -2.06. The molecule has 2 aromatic carbocycles. The van der Waals surface area contributed by atoms with Crippen molar-refractivity contribution in [1.29, 1.82) is 0 Å². The molecule has 2 aromatic rings. The molecule has 1 amide bonds. The molecule has 2 heteroatoms. The van der Waals surface area contributed by atoms with Gasteiger partial charge in [-0.05, 0) is 41.7 Å². The zero-order chi connectivity index (χ0) is 14.4. The average Bonchev–Trinajstić information content (AvgIpc) is 2.50. The second-order valence-electron chi connectivity index (χ2n) is 4.95. The van der Waals surface area contributed by atoms with Crippen molar-refractivity contribution < 1.29 is 4.79 Å². The highest BCUT2D eigenvalue weighted by molar-refractivity contribution is 5.90. The van der Waals surface area contributed by atoms with Crippen LogP contribution in [0.4, 0.5) is 5.69 Å². The highest BCUT2D eigenvalue weighted by Gasteiger charge is 2.00. The van der Waals surface area contributed by atoms with Crippen molar-refractivity contribution in [1.82, 2.24) is 0 Å². The minimum atomic E-state index is 0.0490. The lowest BCUT2D eigenvalue weighted by molar-refractivity contribution is -0.115. The van der Waals surface area contributed by atoms with E-state index in [0.717, 1.165) is 18.5 Å². The molecule has 20 heavy (non-hydrogen) atoms. The molecular formula is C18H21NO. The first-order chi connectivity index (χ1) is 9.71. The van der Waals surface area contributed by atoms with Crippen LogP contribution in [0.2, 0.25) is 0 Å². The summed E-state index contributed by atoms with van der Waals surface area (Å²) in [5.41, 5.74) is 4.80. The van der Waals surface area contributed by atoms with Crippen molar-refractivity contribution in [3.63, 3.8) is 0 Å². The average molecular weight is 267 g/mol. The fourth-order valence-electron chi connectivity index (χ4n) is 2.08. The molecule has 0 bridgehead atoms. The van der Waals surface area contributed by atoms with E-state index in [1.165, 1.54) is 16.7 Å². The molecule has 2 nitrogen and oxygen atoms in total. The number of benzene rings is 2. The van der Waals surface area contributed by atoms with E-state index in [0.29, 0.717) is 6.42 Å². The first-order valence-corrected chi connectivity index (χ1v) is 7.18. The number of hydrogen-bond acceptors (Lipinski definition) is 1. The van der Waals surface area contributed by atoms with Crippen molar-refractivity contribution in [3.05, 3.63) is 65.2 Å². The van der Waals surface area contributed by atoms with E-state index in [2.05, 4.69) is 48.6 Å². The lowest BCUT2D eigenvalue weighted by atomic mass is 10.0. The molecular weight excluding hydrogens is 246 g/mol. The normalized spacial score (nSPS) is 10.3. The minimum Gasteiger partial charge on any atom is -0.326 e. The fourth-order valence-corrected chi connectivity index (χ4v) is 2.08. The zero-order valence-electron chi connectivity index (χ0n) is 12.1. The number of hydrogen-bond donors (Lipinski definition) is 1. The quantitative estimate of drug-likeness (QED) is 0.864. The Morgan fingerprint density at radius 3 is 1.85 bits per heavy atom. The van der Waals surface area contributed by atoms with Crippen LogP contribution in [0.3, 0.4) is 0 Å². The van der Waals surface area contributed by atoms with Gasteiger partial charge in [0.2, 0.25) is 5.91 Å². The Hall–Kier alpha value is -2.09. The molecule has 0 saturated carbocycles. The predicted octanol–water partition coefficient (Wildman–Crippen LogP) is 4.19. The van der Waals surface area contributed by atoms with Crippen molar-refractivity contribution in [2.75, 3.05) is 5.32 Å². The molecule has 2 rings (SSSR count). The molecule has 0 radical (unpaired) electrons. The summed E-state index contributed by atoms with van der Waals surface area (Å²) in [5, 5.41) is 2.86. The van der Waals surface area contributed by atoms with Gasteiger partial charge >= 0.3 is 0 Å². The summed E-state index contributed by atoms with van der Waals surface area (Å²) in [6.07, 6.45) is 2.50. The second-order valence-corrected chi connectivity index (χ2v) is 4.95. The number of carbonyl (C=O) groups excluding carboxylic acids is 1. The number of carbonyl (C=O) groups is 1. The van der Waals surface area contributed by atoms with Gasteiger partial charge in [-0.25, -0.2) is 0 Å². The number of amides is 1. The third-order valence-corrected chi connectivity index (χ3v) is 3.40. The Morgan fingerprint density at radius 1 is 0.850 bits per heavy atom. The van der Waals surface area contributed by atoms with Gasteiger partial charge in [0.25, 0.3) is 0 Å². The van der Waals surface area contributed by atoms with Crippen LogP contribution in [0.15, 0.2) is 48.5 Å². The van der Waals surface area contributed by atoms with Crippen LogP contribution in [0.5, 0.6) is 0 Å². The Labute approximate surface area is 120 Å². The summed E-state index contributed by atoms with van der Waals surface area (Å²) in [4.78, 5) is 11.3. The third-order valence-electron chi connectivity index (χ3n) is 3.40. The van der Waals surface area contributed by atoms with Gasteiger partial charge in [0.1, 0.15) is 0 Å². The molecule has 0 heterocycles. The molecule has 0 aliphatic carbocycles.